The molecule has 2 aliphatic rings. The number of benzene rings is 1. The van der Waals surface area contributed by atoms with Gasteiger partial charge in [-0.25, -0.2) is 0 Å². The molecule has 1 aromatic carbocycles. The summed E-state index contributed by atoms with van der Waals surface area (Å²) in [4.78, 5) is 29.4. The molecule has 2 saturated heterocycles. The Morgan fingerprint density at radius 3 is 2.23 bits per heavy atom. The van der Waals surface area contributed by atoms with Crippen molar-refractivity contribution < 1.29 is 43.9 Å². The van der Waals surface area contributed by atoms with E-state index in [2.05, 4.69) is 17.9 Å². The number of rotatable bonds is 7. The van der Waals surface area contributed by atoms with Crippen molar-refractivity contribution in [2.45, 2.75) is 142 Å². The van der Waals surface area contributed by atoms with Crippen LogP contribution in [0, 0.1) is 36.0 Å². The molecule has 270 valence electrons. The number of esters is 1. The highest BCUT2D eigenvalue weighted by molar-refractivity contribution is 5.83. The molecule has 1 aromatic rings. The molecule has 0 bridgehead atoms. The molecule has 2 aliphatic heterocycles. The molecule has 0 radical (unpaired) electrons. The fourth-order valence-electron chi connectivity index (χ4n) is 7.59. The predicted octanol–water partition coefficient (Wildman–Crippen LogP) is 4.10. The van der Waals surface area contributed by atoms with Crippen molar-refractivity contribution in [3.8, 4) is 12.3 Å². The number of ether oxygens (including phenoxy) is 4. The van der Waals surface area contributed by atoms with Crippen molar-refractivity contribution in [2.75, 3.05) is 14.2 Å². The number of carbonyl (C=O) groups excluding carboxylic acids is 2. The molecule has 0 aromatic heterocycles. The van der Waals surface area contributed by atoms with E-state index in [0.717, 1.165) is 17.5 Å². The zero-order valence-corrected chi connectivity index (χ0v) is 30.5. The van der Waals surface area contributed by atoms with E-state index in [4.69, 9.17) is 25.4 Å². The summed E-state index contributed by atoms with van der Waals surface area (Å²) in [6.07, 6.45) is 1.82. The van der Waals surface area contributed by atoms with Crippen molar-refractivity contribution in [1.29, 1.82) is 0 Å². The maximum absolute atomic E-state index is 13.8. The van der Waals surface area contributed by atoms with Gasteiger partial charge in [0.15, 0.2) is 6.29 Å². The first-order valence-electron chi connectivity index (χ1n) is 17.3. The highest BCUT2D eigenvalue weighted by Gasteiger charge is 2.51. The average Bonchev–Trinajstić information content (AvgIpc) is 3.06. The second kappa shape index (κ2) is 16.6. The summed E-state index contributed by atoms with van der Waals surface area (Å²) in [5, 5.41) is 34.3. The molecule has 0 spiro atoms. The molecular weight excluding hydrogens is 614 g/mol. The van der Waals surface area contributed by atoms with Crippen LogP contribution < -0.4 is 0 Å². The van der Waals surface area contributed by atoms with Gasteiger partial charge in [-0.05, 0) is 71.7 Å². The van der Waals surface area contributed by atoms with Gasteiger partial charge in [0.25, 0.3) is 0 Å². The zero-order valence-electron chi connectivity index (χ0n) is 30.5. The monoisotopic (exact) mass is 673 g/mol. The number of cyclic esters (lactones) is 1. The number of hydrogen-bond donors (Lipinski definition) is 3. The average molecular weight is 674 g/mol. The van der Waals surface area contributed by atoms with E-state index in [1.807, 2.05) is 38.1 Å². The summed E-state index contributed by atoms with van der Waals surface area (Å²) >= 11 is 0. The smallest absolute Gasteiger partial charge is 0.311 e. The molecule has 3 rings (SSSR count). The Balaban J connectivity index is 1.95. The predicted molar refractivity (Wildman–Crippen MR) is 183 cm³/mol. The molecule has 10 heteroatoms. The number of aliphatic hydroxyl groups excluding tert-OH is 2. The number of terminal acetylenes is 1. The largest absolute Gasteiger partial charge is 0.459 e. The summed E-state index contributed by atoms with van der Waals surface area (Å²) in [6, 6.07) is 8.05. The maximum Gasteiger partial charge on any atom is 0.311 e. The second-order valence-electron chi connectivity index (χ2n) is 14.8. The number of methoxy groups -OCH3 is 1. The number of ketones is 1. The van der Waals surface area contributed by atoms with Crippen LogP contribution in [0.4, 0.5) is 0 Å². The van der Waals surface area contributed by atoms with Crippen molar-refractivity contribution in [1.82, 2.24) is 4.90 Å². The lowest BCUT2D eigenvalue weighted by Crippen LogP contribution is -2.58. The number of nitrogens with zero attached hydrogens (tertiary/aromatic N) is 1. The normalized spacial score (nSPS) is 40.6. The molecule has 0 amide bonds. The first-order valence-corrected chi connectivity index (χ1v) is 17.3. The Morgan fingerprint density at radius 1 is 1.04 bits per heavy atom. The third-order valence-electron chi connectivity index (χ3n) is 10.9. The van der Waals surface area contributed by atoms with Crippen LogP contribution in [0.1, 0.15) is 92.2 Å². The topological polar surface area (TPSA) is 135 Å². The van der Waals surface area contributed by atoms with E-state index in [1.54, 1.807) is 34.6 Å². The lowest BCUT2D eigenvalue weighted by atomic mass is 9.74. The maximum atomic E-state index is 13.8. The lowest BCUT2D eigenvalue weighted by Gasteiger charge is -2.47. The molecule has 13 atom stereocenters. The molecule has 3 N–H and O–H groups in total. The summed E-state index contributed by atoms with van der Waals surface area (Å²) in [5.41, 5.74) is -1.06. The SMILES string of the molecule is C#Cc1ccc(CN(C)[C@@H]2C[C@H](O[C@@H]3[C@@H](C)[C@H](O)[C@@H](C)C(=O)O[C@H](CC)[C@@](C)(O)[C@H](O)[C@@H](C)C(=O)[C@H](C)C[C@@]3(C)OC)O[C@H](C)C2)cc1. The third-order valence-corrected chi connectivity index (χ3v) is 10.9. The Hall–Kier alpha value is -2.36. The first kappa shape index (κ1) is 40.1. The molecule has 0 aliphatic carbocycles. The Labute approximate surface area is 287 Å². The number of Topliss-reactive ketones (excluding diaryl/α,β-unsaturated/α-hetero) is 1. The summed E-state index contributed by atoms with van der Waals surface area (Å²) in [6.45, 7) is 14.3. The highest BCUT2D eigenvalue weighted by atomic mass is 16.7. The van der Waals surface area contributed by atoms with Crippen LogP contribution in [-0.4, -0.2) is 100 Å². The van der Waals surface area contributed by atoms with Crippen molar-refractivity contribution >= 4 is 11.8 Å². The van der Waals surface area contributed by atoms with Crippen LogP contribution >= 0.6 is 0 Å². The van der Waals surface area contributed by atoms with Gasteiger partial charge in [-0.15, -0.1) is 6.42 Å². The van der Waals surface area contributed by atoms with Gasteiger partial charge in [0.05, 0.1) is 35.9 Å². The minimum absolute atomic E-state index is 0.120. The van der Waals surface area contributed by atoms with E-state index in [9.17, 15) is 24.9 Å². The Kier molecular flexibility index (Phi) is 13.8. The van der Waals surface area contributed by atoms with Gasteiger partial charge in [-0.2, -0.15) is 0 Å². The number of carbonyl (C=O) groups is 2. The molecule has 0 saturated carbocycles. The van der Waals surface area contributed by atoms with Crippen LogP contribution in [0.3, 0.4) is 0 Å². The van der Waals surface area contributed by atoms with Gasteiger partial charge in [0.1, 0.15) is 17.5 Å². The van der Waals surface area contributed by atoms with E-state index in [0.29, 0.717) is 13.0 Å². The van der Waals surface area contributed by atoms with E-state index in [-0.39, 0.29) is 30.8 Å². The summed E-state index contributed by atoms with van der Waals surface area (Å²) < 4.78 is 25.0. The van der Waals surface area contributed by atoms with Crippen LogP contribution in [0.25, 0.3) is 0 Å². The fraction of sp³-hybridized carbons (Fsp3) is 0.737. The zero-order chi connectivity index (χ0) is 36.1. The quantitative estimate of drug-likeness (QED) is 0.287. The second-order valence-corrected chi connectivity index (χ2v) is 14.8. The first-order chi connectivity index (χ1) is 22.4. The molecule has 0 unspecified atom stereocenters. The van der Waals surface area contributed by atoms with Crippen molar-refractivity contribution in [3.63, 3.8) is 0 Å². The number of hydrogen-bond acceptors (Lipinski definition) is 10. The summed E-state index contributed by atoms with van der Waals surface area (Å²) in [7, 11) is 3.61. The van der Waals surface area contributed by atoms with Crippen LogP contribution in [-0.2, 0) is 35.1 Å². The summed E-state index contributed by atoms with van der Waals surface area (Å²) in [5.74, 6) is -1.60. The van der Waals surface area contributed by atoms with Gasteiger partial charge in [-0.1, -0.05) is 45.7 Å². The molecular formula is C38H59NO9. The minimum Gasteiger partial charge on any atom is -0.459 e. The van der Waals surface area contributed by atoms with Crippen molar-refractivity contribution in [3.05, 3.63) is 35.4 Å². The standard InChI is InChI=1S/C38H59NO9/c1-12-27-14-16-28(17-15-27)21-39(10)29-18-23(4)46-31(19-29)48-35-25(6)33(41)26(7)36(43)47-30(13-2)38(9,44)34(42)24(5)32(40)22(3)20-37(35,8)45-11/h1,14-17,22-26,29-31,33-35,41-42,44H,13,18-21H2,2-11H3/t22-,23-,24+,25+,26-,29+,30-,31+,33+,34-,35-,37-,38-/m1/s1. The highest BCUT2D eigenvalue weighted by Crippen LogP contribution is 2.39. The van der Waals surface area contributed by atoms with Gasteiger partial charge < -0.3 is 34.3 Å². The fourth-order valence-corrected chi connectivity index (χ4v) is 7.59. The van der Waals surface area contributed by atoms with E-state index >= 15 is 0 Å². The van der Waals surface area contributed by atoms with Gasteiger partial charge in [0.2, 0.25) is 0 Å². The van der Waals surface area contributed by atoms with Crippen LogP contribution in [0.5, 0.6) is 0 Å². The molecule has 10 nitrogen and oxygen atoms in total. The molecule has 2 heterocycles. The van der Waals surface area contributed by atoms with Gasteiger partial charge in [0, 0.05) is 49.4 Å². The van der Waals surface area contributed by atoms with Crippen molar-refractivity contribution in [2.24, 2.45) is 23.7 Å². The minimum atomic E-state index is -1.90. The Bertz CT molecular complexity index is 1260. The molecule has 2 fully saturated rings. The Morgan fingerprint density at radius 2 is 1.67 bits per heavy atom. The van der Waals surface area contributed by atoms with E-state index in [1.165, 1.54) is 14.0 Å². The van der Waals surface area contributed by atoms with Crippen LogP contribution in [0.2, 0.25) is 0 Å². The van der Waals surface area contributed by atoms with Crippen LogP contribution in [0.15, 0.2) is 24.3 Å². The van der Waals surface area contributed by atoms with Gasteiger partial charge >= 0.3 is 5.97 Å². The molecule has 48 heavy (non-hydrogen) atoms. The van der Waals surface area contributed by atoms with E-state index < -0.39 is 71.5 Å². The van der Waals surface area contributed by atoms with Gasteiger partial charge in [-0.3, -0.25) is 14.5 Å². The lowest BCUT2D eigenvalue weighted by molar-refractivity contribution is -0.271. The third kappa shape index (κ3) is 9.05. The number of aliphatic hydroxyl groups is 3.